The Morgan fingerprint density at radius 2 is 1.57 bits per heavy atom. The van der Waals surface area contributed by atoms with Crippen LogP contribution in [0.4, 0.5) is 5.69 Å². The molecule has 28 heavy (non-hydrogen) atoms. The molecule has 4 nitrogen and oxygen atoms in total. The fourth-order valence-electron chi connectivity index (χ4n) is 3.54. The lowest BCUT2D eigenvalue weighted by Crippen LogP contribution is -2.25. The molecule has 4 aromatic rings. The summed E-state index contributed by atoms with van der Waals surface area (Å²) in [4.78, 5) is 0. The maximum Gasteiger partial charge on any atom is 0.141 e. The number of halogens is 2. The van der Waals surface area contributed by atoms with Crippen LogP contribution < -0.4 is 10.1 Å². The Morgan fingerprint density at radius 3 is 2.18 bits per heavy atom. The molecule has 144 valence electrons. The number of para-hydroxylation sites is 2. The molecule has 0 spiro atoms. The van der Waals surface area contributed by atoms with Crippen LogP contribution in [0.1, 0.15) is 0 Å². The summed E-state index contributed by atoms with van der Waals surface area (Å²) in [7, 11) is 1.64. The van der Waals surface area contributed by atoms with E-state index in [4.69, 9.17) is 4.74 Å². The molecule has 0 amide bonds. The summed E-state index contributed by atoms with van der Waals surface area (Å²) < 4.78 is 9.62. The van der Waals surface area contributed by atoms with E-state index in [-0.39, 0.29) is 0 Å². The summed E-state index contributed by atoms with van der Waals surface area (Å²) in [6.45, 7) is 0.917. The number of hydrogen-bond donors (Lipinski definition) is 2. The van der Waals surface area contributed by atoms with Gasteiger partial charge in [0.25, 0.3) is 0 Å². The summed E-state index contributed by atoms with van der Waals surface area (Å²) >= 11 is 7.14. The van der Waals surface area contributed by atoms with E-state index in [2.05, 4.69) is 66.0 Å². The van der Waals surface area contributed by atoms with Crippen molar-refractivity contribution in [2.24, 2.45) is 0 Å². The number of aromatic nitrogens is 1. The molecule has 0 fully saturated rings. The summed E-state index contributed by atoms with van der Waals surface area (Å²) in [6, 6.07) is 20.2. The van der Waals surface area contributed by atoms with Crippen molar-refractivity contribution < 1.29 is 9.84 Å². The molecule has 1 unspecified atom stereocenters. The van der Waals surface area contributed by atoms with E-state index >= 15 is 0 Å². The van der Waals surface area contributed by atoms with E-state index in [0.29, 0.717) is 13.1 Å². The number of fused-ring (bicyclic) bond motifs is 3. The quantitative estimate of drug-likeness (QED) is 0.349. The molecular formula is C22H20Br2N2O2. The van der Waals surface area contributed by atoms with Crippen LogP contribution in [0.2, 0.25) is 0 Å². The molecule has 0 saturated heterocycles. The number of hydrogen-bond acceptors (Lipinski definition) is 3. The number of benzene rings is 3. The molecule has 1 aromatic heterocycles. The van der Waals surface area contributed by atoms with Gasteiger partial charge in [0, 0.05) is 37.3 Å². The summed E-state index contributed by atoms with van der Waals surface area (Å²) in [5.74, 6) is 0.765. The second-order valence-corrected chi connectivity index (χ2v) is 8.50. The number of rotatable bonds is 6. The van der Waals surface area contributed by atoms with Crippen molar-refractivity contribution in [1.29, 1.82) is 0 Å². The minimum atomic E-state index is -0.559. The number of aliphatic hydroxyl groups is 1. The van der Waals surface area contributed by atoms with Crippen molar-refractivity contribution in [3.63, 3.8) is 0 Å². The van der Waals surface area contributed by atoms with Gasteiger partial charge in [-0.2, -0.15) is 0 Å². The lowest BCUT2D eigenvalue weighted by atomic mass is 10.2. The predicted molar refractivity (Wildman–Crippen MR) is 122 cm³/mol. The number of ether oxygens (including phenoxy) is 1. The molecule has 0 aliphatic carbocycles. The second kappa shape index (κ2) is 8.15. The third-order valence-corrected chi connectivity index (χ3v) is 5.80. The molecular weight excluding hydrogens is 484 g/mol. The van der Waals surface area contributed by atoms with Gasteiger partial charge in [0.1, 0.15) is 5.75 Å². The Labute approximate surface area is 180 Å². The number of methoxy groups -OCH3 is 1. The Hall–Kier alpha value is -2.02. The van der Waals surface area contributed by atoms with Gasteiger partial charge < -0.3 is 19.7 Å². The SMILES string of the molecule is COc1ccccc1NCC(O)Cn1c2ccc(Br)cc2c2cc(Br)ccc21. The Balaban J connectivity index is 1.63. The fraction of sp³-hybridized carbons (Fsp3) is 0.182. The van der Waals surface area contributed by atoms with Gasteiger partial charge in [0.05, 0.1) is 25.4 Å². The zero-order chi connectivity index (χ0) is 19.7. The van der Waals surface area contributed by atoms with Gasteiger partial charge in [0.2, 0.25) is 0 Å². The molecule has 6 heteroatoms. The summed E-state index contributed by atoms with van der Waals surface area (Å²) in [6.07, 6.45) is -0.559. The molecule has 0 aliphatic rings. The van der Waals surface area contributed by atoms with E-state index in [1.54, 1.807) is 7.11 Å². The molecule has 2 N–H and O–H groups in total. The maximum absolute atomic E-state index is 10.7. The predicted octanol–water partition coefficient (Wildman–Crippen LogP) is 5.80. The summed E-state index contributed by atoms with van der Waals surface area (Å²) in [5, 5.41) is 16.3. The van der Waals surface area contributed by atoms with Gasteiger partial charge in [-0.1, -0.05) is 44.0 Å². The molecule has 4 rings (SSSR count). The maximum atomic E-state index is 10.7. The Morgan fingerprint density at radius 1 is 0.964 bits per heavy atom. The van der Waals surface area contributed by atoms with Crippen molar-refractivity contribution in [2.75, 3.05) is 19.0 Å². The van der Waals surface area contributed by atoms with Crippen molar-refractivity contribution in [1.82, 2.24) is 4.57 Å². The first-order chi connectivity index (χ1) is 13.6. The number of nitrogens with one attached hydrogen (secondary N) is 1. The molecule has 3 aromatic carbocycles. The highest BCUT2D eigenvalue weighted by Crippen LogP contribution is 2.33. The topological polar surface area (TPSA) is 46.4 Å². The monoisotopic (exact) mass is 502 g/mol. The second-order valence-electron chi connectivity index (χ2n) is 6.67. The highest BCUT2D eigenvalue weighted by Gasteiger charge is 2.15. The molecule has 0 aliphatic heterocycles. The number of nitrogens with zero attached hydrogens (tertiary/aromatic N) is 1. The molecule has 0 bridgehead atoms. The van der Waals surface area contributed by atoms with E-state index in [1.165, 1.54) is 0 Å². The van der Waals surface area contributed by atoms with E-state index in [1.807, 2.05) is 36.4 Å². The van der Waals surface area contributed by atoms with Crippen LogP contribution in [0.25, 0.3) is 21.8 Å². The highest BCUT2D eigenvalue weighted by molar-refractivity contribution is 9.10. The lowest BCUT2D eigenvalue weighted by molar-refractivity contribution is 0.169. The third kappa shape index (κ3) is 3.77. The minimum absolute atomic E-state index is 0.425. The van der Waals surface area contributed by atoms with Gasteiger partial charge in [0.15, 0.2) is 0 Å². The average Bonchev–Trinajstić information content (AvgIpc) is 2.98. The lowest BCUT2D eigenvalue weighted by Gasteiger charge is -2.17. The zero-order valence-electron chi connectivity index (χ0n) is 15.3. The first kappa shape index (κ1) is 19.3. The standard InChI is InChI=1S/C22H20Br2N2O2/c1-28-22-5-3-2-4-19(22)25-12-16(27)13-26-20-8-6-14(23)10-17(20)18-11-15(24)7-9-21(18)26/h2-11,16,25,27H,12-13H2,1H3. The molecule has 1 atom stereocenters. The summed E-state index contributed by atoms with van der Waals surface area (Å²) in [5.41, 5.74) is 3.08. The van der Waals surface area contributed by atoms with Gasteiger partial charge >= 0.3 is 0 Å². The first-order valence-corrected chi connectivity index (χ1v) is 10.6. The van der Waals surface area contributed by atoms with Crippen molar-refractivity contribution >= 4 is 59.4 Å². The molecule has 0 saturated carbocycles. The van der Waals surface area contributed by atoms with Gasteiger partial charge in [-0.15, -0.1) is 0 Å². The van der Waals surface area contributed by atoms with Crippen LogP contribution in [-0.4, -0.2) is 29.4 Å². The van der Waals surface area contributed by atoms with Crippen LogP contribution in [0.5, 0.6) is 5.75 Å². The van der Waals surface area contributed by atoms with Crippen LogP contribution in [-0.2, 0) is 6.54 Å². The molecule has 1 heterocycles. The van der Waals surface area contributed by atoms with Crippen molar-refractivity contribution in [3.8, 4) is 5.75 Å². The van der Waals surface area contributed by atoms with Crippen LogP contribution in [0, 0.1) is 0 Å². The third-order valence-electron chi connectivity index (χ3n) is 4.82. The normalized spacial score (nSPS) is 12.4. The van der Waals surface area contributed by atoms with Gasteiger partial charge in [-0.05, 0) is 48.5 Å². The Bertz CT molecular complexity index is 1080. The van der Waals surface area contributed by atoms with Crippen LogP contribution in [0.3, 0.4) is 0 Å². The number of anilines is 1. The minimum Gasteiger partial charge on any atom is -0.495 e. The number of aliphatic hydroxyl groups excluding tert-OH is 1. The van der Waals surface area contributed by atoms with Crippen LogP contribution >= 0.6 is 31.9 Å². The van der Waals surface area contributed by atoms with Gasteiger partial charge in [-0.25, -0.2) is 0 Å². The molecule has 0 radical (unpaired) electrons. The van der Waals surface area contributed by atoms with Crippen molar-refractivity contribution in [3.05, 3.63) is 69.6 Å². The highest BCUT2D eigenvalue weighted by atomic mass is 79.9. The average molecular weight is 504 g/mol. The van der Waals surface area contributed by atoms with E-state index in [9.17, 15) is 5.11 Å². The van der Waals surface area contributed by atoms with E-state index < -0.39 is 6.10 Å². The van der Waals surface area contributed by atoms with Crippen molar-refractivity contribution in [2.45, 2.75) is 12.6 Å². The first-order valence-electron chi connectivity index (χ1n) is 8.99. The van der Waals surface area contributed by atoms with E-state index in [0.717, 1.165) is 42.2 Å². The smallest absolute Gasteiger partial charge is 0.141 e. The zero-order valence-corrected chi connectivity index (χ0v) is 18.5. The van der Waals surface area contributed by atoms with Gasteiger partial charge in [-0.3, -0.25) is 0 Å². The largest absolute Gasteiger partial charge is 0.495 e. The Kier molecular flexibility index (Phi) is 5.62. The fourth-order valence-corrected chi connectivity index (χ4v) is 4.26. The van der Waals surface area contributed by atoms with Crippen LogP contribution in [0.15, 0.2) is 69.6 Å².